The van der Waals surface area contributed by atoms with Gasteiger partial charge in [-0.05, 0) is 55.0 Å². The molecule has 1 aromatic carbocycles. The van der Waals surface area contributed by atoms with E-state index in [1.54, 1.807) is 0 Å². The van der Waals surface area contributed by atoms with E-state index in [-0.39, 0.29) is 0 Å². The van der Waals surface area contributed by atoms with Crippen molar-refractivity contribution in [3.63, 3.8) is 0 Å². The standard InChI is InChI=1S/C14H19NO/c1-2-11(3-1)10-16-14-5-4-12-6-7-15-9-13(12)8-14/h4-5,8,11,15H,1-3,6-7,9-10H2. The Labute approximate surface area is 97.0 Å². The van der Waals surface area contributed by atoms with E-state index in [2.05, 4.69) is 23.5 Å². The van der Waals surface area contributed by atoms with Crippen LogP contribution in [0.15, 0.2) is 18.2 Å². The fourth-order valence-corrected chi connectivity index (χ4v) is 2.42. The average molecular weight is 217 g/mol. The molecule has 0 bridgehead atoms. The molecule has 0 amide bonds. The molecule has 0 radical (unpaired) electrons. The molecule has 86 valence electrons. The second-order valence-corrected chi connectivity index (χ2v) is 4.97. The molecule has 1 aliphatic heterocycles. The first kappa shape index (κ1) is 10.2. The van der Waals surface area contributed by atoms with Gasteiger partial charge in [0.05, 0.1) is 6.61 Å². The number of hydrogen-bond acceptors (Lipinski definition) is 2. The molecule has 1 saturated carbocycles. The molecule has 0 spiro atoms. The Hall–Kier alpha value is -1.02. The van der Waals surface area contributed by atoms with Crippen LogP contribution in [-0.2, 0) is 13.0 Å². The second kappa shape index (κ2) is 4.46. The zero-order chi connectivity index (χ0) is 10.8. The van der Waals surface area contributed by atoms with Crippen molar-refractivity contribution in [1.29, 1.82) is 0 Å². The normalized spacial score (nSPS) is 20.0. The molecular formula is C14H19NO. The summed E-state index contributed by atoms with van der Waals surface area (Å²) in [6, 6.07) is 6.56. The highest BCUT2D eigenvalue weighted by molar-refractivity contribution is 5.37. The zero-order valence-electron chi connectivity index (χ0n) is 9.67. The molecule has 1 fully saturated rings. The van der Waals surface area contributed by atoms with Crippen molar-refractivity contribution in [2.45, 2.75) is 32.2 Å². The minimum absolute atomic E-state index is 0.814. The summed E-state index contributed by atoms with van der Waals surface area (Å²) in [5.74, 6) is 1.86. The van der Waals surface area contributed by atoms with Crippen LogP contribution in [0.3, 0.4) is 0 Å². The van der Waals surface area contributed by atoms with Crippen molar-refractivity contribution in [3.05, 3.63) is 29.3 Å². The number of fused-ring (bicyclic) bond motifs is 1. The van der Waals surface area contributed by atoms with Crippen LogP contribution in [0, 0.1) is 5.92 Å². The van der Waals surface area contributed by atoms with Gasteiger partial charge in [0.1, 0.15) is 5.75 Å². The molecule has 2 heteroatoms. The van der Waals surface area contributed by atoms with Crippen LogP contribution in [0.25, 0.3) is 0 Å². The fourth-order valence-electron chi connectivity index (χ4n) is 2.42. The van der Waals surface area contributed by atoms with E-state index in [1.807, 2.05) is 0 Å². The van der Waals surface area contributed by atoms with Gasteiger partial charge in [-0.2, -0.15) is 0 Å². The molecular weight excluding hydrogens is 198 g/mol. The summed E-state index contributed by atoms with van der Waals surface area (Å²) in [5, 5.41) is 3.40. The zero-order valence-corrected chi connectivity index (χ0v) is 9.67. The maximum absolute atomic E-state index is 5.85. The monoisotopic (exact) mass is 217 g/mol. The summed E-state index contributed by atoms with van der Waals surface area (Å²) in [5.41, 5.74) is 2.90. The molecule has 2 nitrogen and oxygen atoms in total. The van der Waals surface area contributed by atoms with Crippen LogP contribution < -0.4 is 10.1 Å². The van der Waals surface area contributed by atoms with E-state index >= 15 is 0 Å². The number of nitrogens with one attached hydrogen (secondary N) is 1. The van der Waals surface area contributed by atoms with Crippen LogP contribution in [0.2, 0.25) is 0 Å². The van der Waals surface area contributed by atoms with Crippen molar-refractivity contribution < 1.29 is 4.74 Å². The maximum Gasteiger partial charge on any atom is 0.119 e. The summed E-state index contributed by atoms with van der Waals surface area (Å²) in [6.07, 6.45) is 5.25. The lowest BCUT2D eigenvalue weighted by atomic mass is 9.86. The lowest BCUT2D eigenvalue weighted by Crippen LogP contribution is -2.23. The topological polar surface area (TPSA) is 21.3 Å². The van der Waals surface area contributed by atoms with E-state index < -0.39 is 0 Å². The molecule has 0 aromatic heterocycles. The summed E-state index contributed by atoms with van der Waals surface area (Å²) < 4.78 is 5.85. The van der Waals surface area contributed by atoms with Gasteiger partial charge in [-0.15, -0.1) is 0 Å². The van der Waals surface area contributed by atoms with Crippen molar-refractivity contribution in [2.75, 3.05) is 13.2 Å². The van der Waals surface area contributed by atoms with Gasteiger partial charge in [0, 0.05) is 6.54 Å². The maximum atomic E-state index is 5.85. The van der Waals surface area contributed by atoms with E-state index in [4.69, 9.17) is 4.74 Å². The highest BCUT2D eigenvalue weighted by Gasteiger charge is 2.18. The molecule has 3 rings (SSSR count). The fraction of sp³-hybridized carbons (Fsp3) is 0.571. The molecule has 0 atom stereocenters. The van der Waals surface area contributed by atoms with E-state index in [1.165, 1.54) is 30.4 Å². The highest BCUT2D eigenvalue weighted by atomic mass is 16.5. The van der Waals surface area contributed by atoms with Gasteiger partial charge in [0.25, 0.3) is 0 Å². The molecule has 1 heterocycles. The van der Waals surface area contributed by atoms with Crippen LogP contribution in [0.1, 0.15) is 30.4 Å². The summed E-state index contributed by atoms with van der Waals surface area (Å²) in [4.78, 5) is 0. The van der Waals surface area contributed by atoms with Gasteiger partial charge >= 0.3 is 0 Å². The smallest absolute Gasteiger partial charge is 0.119 e. The lowest BCUT2D eigenvalue weighted by molar-refractivity contribution is 0.180. The Kier molecular flexibility index (Phi) is 2.83. The van der Waals surface area contributed by atoms with Crippen LogP contribution in [0.4, 0.5) is 0 Å². The summed E-state index contributed by atoms with van der Waals surface area (Å²) in [6.45, 7) is 3.01. The van der Waals surface area contributed by atoms with Crippen molar-refractivity contribution in [3.8, 4) is 5.75 Å². The highest BCUT2D eigenvalue weighted by Crippen LogP contribution is 2.28. The Morgan fingerprint density at radius 1 is 1.25 bits per heavy atom. The van der Waals surface area contributed by atoms with Gasteiger partial charge in [-0.25, -0.2) is 0 Å². The van der Waals surface area contributed by atoms with Crippen LogP contribution in [-0.4, -0.2) is 13.2 Å². The average Bonchev–Trinajstić information content (AvgIpc) is 2.27. The first-order chi connectivity index (χ1) is 7.92. The lowest BCUT2D eigenvalue weighted by Gasteiger charge is -2.25. The Bertz CT molecular complexity index is 371. The van der Waals surface area contributed by atoms with E-state index in [0.717, 1.165) is 37.8 Å². The van der Waals surface area contributed by atoms with Crippen molar-refractivity contribution in [2.24, 2.45) is 5.92 Å². The molecule has 0 saturated heterocycles. The van der Waals surface area contributed by atoms with Gasteiger partial charge < -0.3 is 10.1 Å². The third kappa shape index (κ3) is 2.07. The van der Waals surface area contributed by atoms with Crippen LogP contribution >= 0.6 is 0 Å². The third-order valence-electron chi connectivity index (χ3n) is 3.77. The van der Waals surface area contributed by atoms with E-state index in [0.29, 0.717) is 0 Å². The van der Waals surface area contributed by atoms with Gasteiger partial charge in [0.15, 0.2) is 0 Å². The molecule has 2 aliphatic rings. The molecule has 16 heavy (non-hydrogen) atoms. The van der Waals surface area contributed by atoms with Crippen molar-refractivity contribution >= 4 is 0 Å². The number of rotatable bonds is 3. The first-order valence-electron chi connectivity index (χ1n) is 6.37. The Balaban J connectivity index is 1.65. The second-order valence-electron chi connectivity index (χ2n) is 4.97. The minimum Gasteiger partial charge on any atom is -0.493 e. The van der Waals surface area contributed by atoms with Gasteiger partial charge in [-0.3, -0.25) is 0 Å². The SMILES string of the molecule is c1cc2c(cc1OCC1CCC1)CNCC2. The number of ether oxygens (including phenoxy) is 1. The van der Waals surface area contributed by atoms with Crippen LogP contribution in [0.5, 0.6) is 5.75 Å². The van der Waals surface area contributed by atoms with Gasteiger partial charge in [-0.1, -0.05) is 12.5 Å². The molecule has 1 N–H and O–H groups in total. The number of benzene rings is 1. The van der Waals surface area contributed by atoms with Gasteiger partial charge in [0.2, 0.25) is 0 Å². The Morgan fingerprint density at radius 2 is 2.19 bits per heavy atom. The molecule has 1 aromatic rings. The predicted molar refractivity (Wildman–Crippen MR) is 64.7 cm³/mol. The number of hydrogen-bond donors (Lipinski definition) is 1. The Morgan fingerprint density at radius 3 is 3.00 bits per heavy atom. The summed E-state index contributed by atoms with van der Waals surface area (Å²) in [7, 11) is 0. The predicted octanol–water partition coefficient (Wildman–Crippen LogP) is 2.51. The quantitative estimate of drug-likeness (QED) is 0.840. The molecule has 0 unspecified atom stereocenters. The first-order valence-corrected chi connectivity index (χ1v) is 6.37. The minimum atomic E-state index is 0.814. The summed E-state index contributed by atoms with van der Waals surface area (Å²) >= 11 is 0. The van der Waals surface area contributed by atoms with E-state index in [9.17, 15) is 0 Å². The largest absolute Gasteiger partial charge is 0.493 e. The third-order valence-corrected chi connectivity index (χ3v) is 3.77. The van der Waals surface area contributed by atoms with Crippen molar-refractivity contribution in [1.82, 2.24) is 5.32 Å². The molecule has 1 aliphatic carbocycles.